The van der Waals surface area contributed by atoms with Crippen molar-refractivity contribution in [2.24, 2.45) is 0 Å². The van der Waals surface area contributed by atoms with Crippen LogP contribution in [-0.4, -0.2) is 72.5 Å². The van der Waals surface area contributed by atoms with Gasteiger partial charge in [0, 0.05) is 68.1 Å². The Kier molecular flexibility index (Phi) is 5.83. The number of benzene rings is 1. The van der Waals surface area contributed by atoms with E-state index in [1.165, 1.54) is 16.9 Å². The lowest BCUT2D eigenvalue weighted by Crippen LogP contribution is -2.38. The predicted molar refractivity (Wildman–Crippen MR) is 132 cm³/mol. The van der Waals surface area contributed by atoms with E-state index in [-0.39, 0.29) is 0 Å². The second-order valence-electron chi connectivity index (χ2n) is 8.70. The van der Waals surface area contributed by atoms with Crippen molar-refractivity contribution in [1.29, 1.82) is 0 Å². The summed E-state index contributed by atoms with van der Waals surface area (Å²) in [4.78, 5) is 22.2. The largest absolute Gasteiger partial charge is 0.378 e. The molecule has 34 heavy (non-hydrogen) atoms. The Bertz CT molecular complexity index is 1230. The molecule has 0 saturated carbocycles. The van der Waals surface area contributed by atoms with Crippen molar-refractivity contribution in [2.45, 2.75) is 6.42 Å². The van der Waals surface area contributed by atoms with Crippen molar-refractivity contribution in [3.8, 4) is 11.3 Å². The fourth-order valence-electron chi connectivity index (χ4n) is 4.73. The first-order valence-electron chi connectivity index (χ1n) is 11.9. The SMILES string of the molecule is c1cncc(-c2nc(Cc3cc(N4CCOCC4)cc(N4CCOCC4)c3)nc3cc[nH]c23)c1. The van der Waals surface area contributed by atoms with E-state index >= 15 is 0 Å². The first-order chi connectivity index (χ1) is 16.8. The summed E-state index contributed by atoms with van der Waals surface area (Å²) in [6.07, 6.45) is 6.20. The zero-order valence-corrected chi connectivity index (χ0v) is 19.1. The summed E-state index contributed by atoms with van der Waals surface area (Å²) in [6.45, 7) is 6.67. The second-order valence-corrected chi connectivity index (χ2v) is 8.70. The van der Waals surface area contributed by atoms with E-state index < -0.39 is 0 Å². The van der Waals surface area contributed by atoms with Crippen molar-refractivity contribution < 1.29 is 9.47 Å². The highest BCUT2D eigenvalue weighted by atomic mass is 16.5. The smallest absolute Gasteiger partial charge is 0.134 e. The number of rotatable bonds is 5. The Morgan fingerprint density at radius 3 is 2.21 bits per heavy atom. The Labute approximate surface area is 198 Å². The Morgan fingerprint density at radius 2 is 1.56 bits per heavy atom. The predicted octanol–water partition coefficient (Wildman–Crippen LogP) is 3.28. The van der Waals surface area contributed by atoms with Gasteiger partial charge < -0.3 is 24.3 Å². The summed E-state index contributed by atoms with van der Waals surface area (Å²) in [5, 5.41) is 0. The lowest BCUT2D eigenvalue weighted by molar-refractivity contribution is 0.122. The first kappa shape index (κ1) is 21.1. The third-order valence-electron chi connectivity index (χ3n) is 6.46. The zero-order chi connectivity index (χ0) is 22.7. The molecule has 2 saturated heterocycles. The number of nitrogens with one attached hydrogen (secondary N) is 1. The van der Waals surface area contributed by atoms with Gasteiger partial charge in [-0.2, -0.15) is 0 Å². The van der Waals surface area contributed by atoms with Gasteiger partial charge in [0.2, 0.25) is 0 Å². The lowest BCUT2D eigenvalue weighted by Gasteiger charge is -2.33. The number of anilines is 2. The molecule has 0 amide bonds. The van der Waals surface area contributed by atoms with E-state index in [0.717, 1.165) is 80.7 Å². The van der Waals surface area contributed by atoms with Gasteiger partial charge in [-0.05, 0) is 42.0 Å². The quantitative estimate of drug-likeness (QED) is 0.494. The first-order valence-corrected chi connectivity index (χ1v) is 11.9. The minimum absolute atomic E-state index is 0.657. The molecule has 1 N–H and O–H groups in total. The van der Waals surface area contributed by atoms with E-state index in [4.69, 9.17) is 19.4 Å². The van der Waals surface area contributed by atoms with Crippen LogP contribution in [0.4, 0.5) is 11.4 Å². The maximum atomic E-state index is 5.59. The van der Waals surface area contributed by atoms with Gasteiger partial charge in [0.1, 0.15) is 5.82 Å². The molecule has 4 aromatic rings. The topological polar surface area (TPSA) is 79.4 Å². The summed E-state index contributed by atoms with van der Waals surface area (Å²) in [5.74, 6) is 0.804. The van der Waals surface area contributed by atoms with Crippen molar-refractivity contribution >= 4 is 22.4 Å². The zero-order valence-electron chi connectivity index (χ0n) is 19.1. The highest BCUT2D eigenvalue weighted by Gasteiger charge is 2.18. The van der Waals surface area contributed by atoms with Crippen LogP contribution in [-0.2, 0) is 15.9 Å². The summed E-state index contributed by atoms with van der Waals surface area (Å²) < 4.78 is 11.2. The Balaban J connectivity index is 1.38. The number of nitrogens with zero attached hydrogens (tertiary/aromatic N) is 5. The van der Waals surface area contributed by atoms with Crippen LogP contribution in [0.3, 0.4) is 0 Å². The van der Waals surface area contributed by atoms with Gasteiger partial charge in [-0.25, -0.2) is 9.97 Å². The van der Waals surface area contributed by atoms with Gasteiger partial charge in [0.15, 0.2) is 0 Å². The van der Waals surface area contributed by atoms with E-state index in [1.54, 1.807) is 6.20 Å². The molecule has 0 aliphatic carbocycles. The lowest BCUT2D eigenvalue weighted by atomic mass is 10.1. The molecule has 174 valence electrons. The summed E-state index contributed by atoms with van der Waals surface area (Å²) in [5.41, 5.74) is 7.40. The van der Waals surface area contributed by atoms with Gasteiger partial charge in [-0.1, -0.05) is 0 Å². The number of pyridine rings is 1. The van der Waals surface area contributed by atoms with Crippen molar-refractivity contribution in [1.82, 2.24) is 19.9 Å². The van der Waals surface area contributed by atoms with Crippen molar-refractivity contribution in [3.63, 3.8) is 0 Å². The molecule has 0 spiro atoms. The molecule has 2 aliphatic rings. The van der Waals surface area contributed by atoms with Crippen LogP contribution in [0.2, 0.25) is 0 Å². The fraction of sp³-hybridized carbons (Fsp3) is 0.346. The Hall–Kier alpha value is -3.49. The second kappa shape index (κ2) is 9.40. The molecule has 3 aromatic heterocycles. The number of aromatic amines is 1. The summed E-state index contributed by atoms with van der Waals surface area (Å²) in [6, 6.07) is 12.8. The van der Waals surface area contributed by atoms with Gasteiger partial charge in [0.05, 0.1) is 43.2 Å². The van der Waals surface area contributed by atoms with Crippen molar-refractivity contribution in [2.75, 3.05) is 62.4 Å². The van der Waals surface area contributed by atoms with Crippen LogP contribution in [0.15, 0.2) is 55.0 Å². The number of hydrogen-bond donors (Lipinski definition) is 1. The monoisotopic (exact) mass is 456 g/mol. The van der Waals surface area contributed by atoms with Crippen LogP contribution in [0.25, 0.3) is 22.3 Å². The summed E-state index contributed by atoms with van der Waals surface area (Å²) in [7, 11) is 0. The van der Waals surface area contributed by atoms with E-state index in [1.807, 2.05) is 30.6 Å². The molecule has 5 heterocycles. The maximum Gasteiger partial charge on any atom is 0.134 e. The van der Waals surface area contributed by atoms with Gasteiger partial charge in [0.25, 0.3) is 0 Å². The van der Waals surface area contributed by atoms with Gasteiger partial charge in [-0.15, -0.1) is 0 Å². The average molecular weight is 457 g/mol. The number of hydrogen-bond acceptors (Lipinski definition) is 7. The van der Waals surface area contributed by atoms with Crippen LogP contribution < -0.4 is 9.80 Å². The van der Waals surface area contributed by atoms with Crippen molar-refractivity contribution in [3.05, 3.63) is 66.4 Å². The number of aromatic nitrogens is 4. The normalized spacial score (nSPS) is 16.8. The maximum absolute atomic E-state index is 5.59. The fourth-order valence-corrected chi connectivity index (χ4v) is 4.73. The number of fused-ring (bicyclic) bond motifs is 1. The molecule has 0 bridgehead atoms. The standard InChI is InChI=1S/C26H28N6O2/c1-2-20(18-27-4-1)25-26-23(3-5-28-26)29-24(30-25)16-19-14-21(31-6-10-33-11-7-31)17-22(15-19)32-8-12-34-13-9-32/h1-5,14-15,17-18,28H,6-13,16H2. The molecule has 0 unspecified atom stereocenters. The minimum atomic E-state index is 0.657. The van der Waals surface area contributed by atoms with Crippen LogP contribution in [0, 0.1) is 0 Å². The number of H-pyrrole nitrogens is 1. The third kappa shape index (κ3) is 4.34. The Morgan fingerprint density at radius 1 is 0.853 bits per heavy atom. The molecule has 1 aromatic carbocycles. The van der Waals surface area contributed by atoms with E-state index in [0.29, 0.717) is 6.42 Å². The highest BCUT2D eigenvalue weighted by molar-refractivity contribution is 5.89. The van der Waals surface area contributed by atoms with Crippen LogP contribution in [0.1, 0.15) is 11.4 Å². The molecular formula is C26H28N6O2. The third-order valence-corrected chi connectivity index (χ3v) is 6.46. The molecule has 2 fully saturated rings. The molecule has 2 aliphatic heterocycles. The number of ether oxygens (including phenoxy) is 2. The number of morpholine rings is 2. The van der Waals surface area contributed by atoms with E-state index in [2.05, 4.69) is 38.0 Å². The molecule has 6 rings (SSSR count). The summed E-state index contributed by atoms with van der Waals surface area (Å²) >= 11 is 0. The minimum Gasteiger partial charge on any atom is -0.378 e. The van der Waals surface area contributed by atoms with E-state index in [9.17, 15) is 0 Å². The molecular weight excluding hydrogens is 428 g/mol. The van der Waals surface area contributed by atoms with Crippen LogP contribution in [0.5, 0.6) is 0 Å². The van der Waals surface area contributed by atoms with Crippen LogP contribution >= 0.6 is 0 Å². The molecule has 8 nitrogen and oxygen atoms in total. The molecule has 8 heteroatoms. The van der Waals surface area contributed by atoms with Gasteiger partial charge in [-0.3, -0.25) is 4.98 Å². The average Bonchev–Trinajstić information content (AvgIpc) is 3.38. The molecule has 0 atom stereocenters. The highest BCUT2D eigenvalue weighted by Crippen LogP contribution is 2.29. The van der Waals surface area contributed by atoms with Gasteiger partial charge >= 0.3 is 0 Å². The molecule has 0 radical (unpaired) electrons.